The molecule has 62 heavy (non-hydrogen) atoms. The van der Waals surface area contributed by atoms with Crippen LogP contribution in [0, 0.1) is 0 Å². The molecule has 0 atom stereocenters. The summed E-state index contributed by atoms with van der Waals surface area (Å²) in [4.78, 5) is 30.9. The SMILES string of the molecule is CCCCCCCCCCCCCCCCCC(=O)O.CCCCCCCCCCCCCCCCCC(=O)O.CCCCCCCCCCCCCCCCCC(=O)[O-].[Na+].[Zn]. The van der Waals surface area contributed by atoms with Crippen molar-refractivity contribution >= 4 is 17.9 Å². The zero-order valence-corrected chi connectivity index (χ0v) is 47.6. The Morgan fingerprint density at radius 1 is 0.274 bits per heavy atom. The molecule has 0 rings (SSSR count). The zero-order valence-electron chi connectivity index (χ0n) is 42.7. The summed E-state index contributed by atoms with van der Waals surface area (Å²) in [5, 5.41) is 27.3. The predicted molar refractivity (Wildman–Crippen MR) is 259 cm³/mol. The van der Waals surface area contributed by atoms with Crippen LogP contribution < -0.4 is 34.7 Å². The van der Waals surface area contributed by atoms with Gasteiger partial charge in [0, 0.05) is 38.3 Å². The van der Waals surface area contributed by atoms with E-state index in [2.05, 4.69) is 20.8 Å². The van der Waals surface area contributed by atoms with Crippen molar-refractivity contribution in [3.63, 3.8) is 0 Å². The van der Waals surface area contributed by atoms with E-state index in [-0.39, 0.29) is 55.5 Å². The molecule has 362 valence electrons. The molecule has 0 bridgehead atoms. The van der Waals surface area contributed by atoms with Crippen LogP contribution in [0.4, 0.5) is 0 Å². The first-order valence-electron chi connectivity index (χ1n) is 26.9. The normalized spacial score (nSPS) is 10.5. The monoisotopic (exact) mass is 939 g/mol. The Bertz CT molecular complexity index is 724. The molecular formula is C54H107NaO6Zn. The van der Waals surface area contributed by atoms with Crippen molar-refractivity contribution < 1.29 is 78.7 Å². The van der Waals surface area contributed by atoms with E-state index in [1.807, 2.05) is 0 Å². The molecular weight excluding hydrogens is 833 g/mol. The van der Waals surface area contributed by atoms with Crippen molar-refractivity contribution in [3.8, 4) is 0 Å². The summed E-state index contributed by atoms with van der Waals surface area (Å²) in [6.45, 7) is 6.81. The first kappa shape index (κ1) is 71.0. The summed E-state index contributed by atoms with van der Waals surface area (Å²) < 4.78 is 0. The van der Waals surface area contributed by atoms with Gasteiger partial charge in [0.05, 0.1) is 0 Å². The van der Waals surface area contributed by atoms with Gasteiger partial charge in [0.15, 0.2) is 0 Å². The molecule has 2 N–H and O–H groups in total. The van der Waals surface area contributed by atoms with Crippen molar-refractivity contribution in [1.29, 1.82) is 0 Å². The molecule has 6 nitrogen and oxygen atoms in total. The smallest absolute Gasteiger partial charge is 0.550 e. The molecule has 0 aliphatic heterocycles. The quantitative estimate of drug-likeness (QED) is 0.0464. The Hall–Kier alpha value is 0.0334. The van der Waals surface area contributed by atoms with E-state index in [1.165, 1.54) is 250 Å². The van der Waals surface area contributed by atoms with Gasteiger partial charge >= 0.3 is 41.5 Å². The molecule has 0 amide bonds. The van der Waals surface area contributed by atoms with E-state index in [1.54, 1.807) is 0 Å². The van der Waals surface area contributed by atoms with Crippen LogP contribution >= 0.6 is 0 Å². The molecule has 0 aromatic rings. The molecule has 0 aliphatic rings. The van der Waals surface area contributed by atoms with Crippen molar-refractivity contribution in [2.45, 2.75) is 329 Å². The fraction of sp³-hybridized carbons (Fsp3) is 0.944. The number of aliphatic carboxylic acids is 3. The van der Waals surface area contributed by atoms with Crippen molar-refractivity contribution in [3.05, 3.63) is 0 Å². The summed E-state index contributed by atoms with van der Waals surface area (Å²) in [6.07, 6.45) is 60.3. The van der Waals surface area contributed by atoms with Crippen molar-refractivity contribution in [2.75, 3.05) is 0 Å². The number of hydrogen-bond acceptors (Lipinski definition) is 4. The third-order valence-corrected chi connectivity index (χ3v) is 12.0. The first-order chi connectivity index (χ1) is 29.3. The summed E-state index contributed by atoms with van der Waals surface area (Å²) >= 11 is 0. The van der Waals surface area contributed by atoms with E-state index >= 15 is 0 Å². The van der Waals surface area contributed by atoms with Gasteiger partial charge < -0.3 is 20.1 Å². The Balaban J connectivity index is -0.000000258. The third-order valence-electron chi connectivity index (χ3n) is 12.0. The maximum atomic E-state index is 10.3. The van der Waals surface area contributed by atoms with Crippen LogP contribution in [0.15, 0.2) is 0 Å². The maximum Gasteiger partial charge on any atom is 1.00 e. The van der Waals surface area contributed by atoms with Crippen LogP contribution in [0.25, 0.3) is 0 Å². The molecule has 0 aromatic carbocycles. The molecule has 0 heterocycles. The van der Waals surface area contributed by atoms with Crippen LogP contribution in [0.3, 0.4) is 0 Å². The Morgan fingerprint density at radius 2 is 0.403 bits per heavy atom. The molecule has 0 radical (unpaired) electrons. The number of hydrogen-bond donors (Lipinski definition) is 2. The summed E-state index contributed by atoms with van der Waals surface area (Å²) in [6, 6.07) is 0. The maximum absolute atomic E-state index is 10.3. The average Bonchev–Trinajstić information content (AvgIpc) is 3.22. The number of carbonyl (C=O) groups is 3. The van der Waals surface area contributed by atoms with Crippen LogP contribution in [0.1, 0.15) is 329 Å². The minimum Gasteiger partial charge on any atom is -0.550 e. The third kappa shape index (κ3) is 80.3. The van der Waals surface area contributed by atoms with E-state index in [9.17, 15) is 19.5 Å². The predicted octanol–water partition coefficient (Wildman–Crippen LogP) is 14.7. The van der Waals surface area contributed by atoms with Crippen molar-refractivity contribution in [1.82, 2.24) is 0 Å². The van der Waals surface area contributed by atoms with Gasteiger partial charge in [-0.1, -0.05) is 290 Å². The molecule has 0 aliphatic carbocycles. The standard InChI is InChI=1S/3C18H36O2.Na.Zn/c3*1-2-3-4-5-6-7-8-9-10-11-12-13-14-15-16-17-18(19)20;;/h3*2-17H2,1H3,(H,19,20);;/q;;;+1;/p-1. The van der Waals surface area contributed by atoms with E-state index < -0.39 is 17.9 Å². The van der Waals surface area contributed by atoms with Gasteiger partial charge in [0.1, 0.15) is 0 Å². The van der Waals surface area contributed by atoms with Crippen LogP contribution in [0.2, 0.25) is 0 Å². The topological polar surface area (TPSA) is 115 Å². The Labute approximate surface area is 422 Å². The number of carboxylic acids is 3. The van der Waals surface area contributed by atoms with E-state index in [0.717, 1.165) is 38.5 Å². The molecule has 0 aromatic heterocycles. The number of carbonyl (C=O) groups excluding carboxylic acids is 1. The van der Waals surface area contributed by atoms with Crippen LogP contribution in [0.5, 0.6) is 0 Å². The average molecular weight is 941 g/mol. The van der Waals surface area contributed by atoms with Gasteiger partial charge in [-0.15, -0.1) is 0 Å². The second-order valence-electron chi connectivity index (χ2n) is 18.3. The zero-order chi connectivity index (χ0) is 44.7. The molecule has 0 fully saturated rings. The van der Waals surface area contributed by atoms with Crippen LogP contribution in [-0.4, -0.2) is 28.1 Å². The largest absolute Gasteiger partial charge is 1.00 e. The Kier molecular flexibility index (Phi) is 77.5. The van der Waals surface area contributed by atoms with Gasteiger partial charge in [-0.2, -0.15) is 0 Å². The summed E-state index contributed by atoms with van der Waals surface area (Å²) in [5.74, 6) is -2.21. The Morgan fingerprint density at radius 3 is 0.532 bits per heavy atom. The minimum atomic E-state index is -0.903. The molecule has 0 unspecified atom stereocenters. The summed E-state index contributed by atoms with van der Waals surface area (Å²) in [7, 11) is 0. The van der Waals surface area contributed by atoms with Gasteiger partial charge in [-0.25, -0.2) is 0 Å². The van der Waals surface area contributed by atoms with Crippen LogP contribution in [-0.2, 0) is 33.9 Å². The van der Waals surface area contributed by atoms with Gasteiger partial charge in [0.2, 0.25) is 0 Å². The van der Waals surface area contributed by atoms with Gasteiger partial charge in [0.25, 0.3) is 0 Å². The molecule has 0 saturated carbocycles. The van der Waals surface area contributed by atoms with Gasteiger partial charge in [-0.05, 0) is 25.7 Å². The minimum absolute atomic E-state index is 0. The molecule has 0 saturated heterocycles. The number of carboxylic acid groups (broad SMARTS) is 3. The number of unbranched alkanes of at least 4 members (excludes halogenated alkanes) is 42. The second kappa shape index (κ2) is 67.6. The van der Waals surface area contributed by atoms with Crippen molar-refractivity contribution in [2.24, 2.45) is 0 Å². The fourth-order valence-corrected chi connectivity index (χ4v) is 7.94. The number of rotatable bonds is 48. The van der Waals surface area contributed by atoms with E-state index in [0.29, 0.717) is 12.8 Å². The fourth-order valence-electron chi connectivity index (χ4n) is 7.94. The summed E-state index contributed by atoms with van der Waals surface area (Å²) in [5.41, 5.74) is 0. The second-order valence-corrected chi connectivity index (χ2v) is 18.3. The molecule has 8 heteroatoms. The van der Waals surface area contributed by atoms with E-state index in [4.69, 9.17) is 10.2 Å². The van der Waals surface area contributed by atoms with Gasteiger partial charge in [-0.3, -0.25) is 9.59 Å². The molecule has 0 spiro atoms. The first-order valence-corrected chi connectivity index (χ1v) is 26.9.